The molecule has 0 aliphatic carbocycles. The average Bonchev–Trinajstić information content (AvgIpc) is 2.60. The van der Waals surface area contributed by atoms with E-state index < -0.39 is 0 Å². The Hall–Kier alpha value is -1.55. The number of unbranched alkanes of at least 4 members (excludes halogenated alkanes) is 1. The van der Waals surface area contributed by atoms with Crippen molar-refractivity contribution < 1.29 is 9.90 Å². The zero-order valence-electron chi connectivity index (χ0n) is 12.5. The zero-order chi connectivity index (χ0) is 14.8. The second kappa shape index (κ2) is 5.83. The largest absolute Gasteiger partial charge is 0.508 e. The van der Waals surface area contributed by atoms with Gasteiger partial charge in [-0.2, -0.15) is 0 Å². The lowest BCUT2D eigenvalue weighted by Gasteiger charge is -2.31. The van der Waals surface area contributed by atoms with Crippen molar-refractivity contribution in [3.05, 3.63) is 29.8 Å². The number of phenols is 1. The van der Waals surface area contributed by atoms with Gasteiger partial charge in [-0.25, -0.2) is 0 Å². The molecule has 1 saturated heterocycles. The number of hydrogen-bond acceptors (Lipinski definition) is 3. The minimum atomic E-state index is -0.284. The van der Waals surface area contributed by atoms with Crippen LogP contribution in [-0.4, -0.2) is 34.2 Å². The van der Waals surface area contributed by atoms with Crippen molar-refractivity contribution in [3.63, 3.8) is 0 Å². The van der Waals surface area contributed by atoms with E-state index in [4.69, 9.17) is 0 Å². The summed E-state index contributed by atoms with van der Waals surface area (Å²) in [6.45, 7) is 7.05. The normalized spacial score (nSPS) is 21.4. The van der Waals surface area contributed by atoms with E-state index in [9.17, 15) is 9.90 Å². The lowest BCUT2D eigenvalue weighted by atomic mass is 10.1. The monoisotopic (exact) mass is 276 g/mol. The molecular formula is C16H24N2O2. The number of nitrogens with one attached hydrogen (secondary N) is 1. The number of aromatic hydroxyl groups is 1. The molecule has 1 atom stereocenters. The van der Waals surface area contributed by atoms with Crippen molar-refractivity contribution in [2.45, 2.75) is 51.7 Å². The van der Waals surface area contributed by atoms with E-state index in [1.807, 2.05) is 17.0 Å². The lowest BCUT2D eigenvalue weighted by molar-refractivity contribution is -0.131. The van der Waals surface area contributed by atoms with Crippen LogP contribution in [0.2, 0.25) is 0 Å². The van der Waals surface area contributed by atoms with E-state index in [0.29, 0.717) is 6.42 Å². The summed E-state index contributed by atoms with van der Waals surface area (Å²) in [5.74, 6) is 0.431. The van der Waals surface area contributed by atoms with Crippen LogP contribution in [0.25, 0.3) is 0 Å². The van der Waals surface area contributed by atoms with Gasteiger partial charge in [0.05, 0.1) is 11.7 Å². The van der Waals surface area contributed by atoms with E-state index in [1.165, 1.54) is 0 Å². The van der Waals surface area contributed by atoms with Crippen LogP contribution < -0.4 is 5.32 Å². The standard InChI is InChI=1S/C16H24N2O2/c1-4-5-10-18-15(20)14(17-16(18,2)3)11-12-6-8-13(19)9-7-12/h6-9,14,17,19H,4-5,10-11H2,1-3H3. The fourth-order valence-electron chi connectivity index (χ4n) is 2.74. The summed E-state index contributed by atoms with van der Waals surface area (Å²) in [4.78, 5) is 14.5. The molecule has 1 unspecified atom stereocenters. The first-order valence-electron chi connectivity index (χ1n) is 7.31. The second-order valence-electron chi connectivity index (χ2n) is 5.97. The highest BCUT2D eigenvalue weighted by molar-refractivity contribution is 5.85. The van der Waals surface area contributed by atoms with Gasteiger partial charge in [-0.1, -0.05) is 25.5 Å². The number of carbonyl (C=O) groups excluding carboxylic acids is 1. The molecule has 2 rings (SSSR count). The van der Waals surface area contributed by atoms with Gasteiger partial charge in [-0.15, -0.1) is 0 Å². The van der Waals surface area contributed by atoms with Gasteiger partial charge in [-0.05, 0) is 44.4 Å². The van der Waals surface area contributed by atoms with Gasteiger partial charge in [-0.3, -0.25) is 10.1 Å². The Kier molecular flexibility index (Phi) is 4.33. The molecule has 0 aromatic heterocycles. The molecule has 1 fully saturated rings. The molecular weight excluding hydrogens is 252 g/mol. The highest BCUT2D eigenvalue weighted by atomic mass is 16.3. The van der Waals surface area contributed by atoms with Gasteiger partial charge < -0.3 is 10.0 Å². The van der Waals surface area contributed by atoms with E-state index in [1.54, 1.807) is 12.1 Å². The summed E-state index contributed by atoms with van der Waals surface area (Å²) < 4.78 is 0. The molecule has 1 aliphatic rings. The second-order valence-corrected chi connectivity index (χ2v) is 5.97. The SMILES string of the molecule is CCCCN1C(=O)C(Cc2ccc(O)cc2)NC1(C)C. The van der Waals surface area contributed by atoms with Crippen molar-refractivity contribution in [2.75, 3.05) is 6.54 Å². The van der Waals surface area contributed by atoms with Crippen molar-refractivity contribution in [2.24, 2.45) is 0 Å². The quantitative estimate of drug-likeness (QED) is 0.867. The summed E-state index contributed by atoms with van der Waals surface area (Å²) in [5, 5.41) is 12.7. The summed E-state index contributed by atoms with van der Waals surface area (Å²) >= 11 is 0. The fourth-order valence-corrected chi connectivity index (χ4v) is 2.74. The number of benzene rings is 1. The first-order valence-corrected chi connectivity index (χ1v) is 7.31. The van der Waals surface area contributed by atoms with Crippen LogP contribution in [0, 0.1) is 0 Å². The molecule has 2 N–H and O–H groups in total. The molecule has 0 saturated carbocycles. The molecule has 4 heteroatoms. The minimum Gasteiger partial charge on any atom is -0.508 e. The number of carbonyl (C=O) groups is 1. The molecule has 0 bridgehead atoms. The lowest BCUT2D eigenvalue weighted by Crippen LogP contribution is -2.47. The minimum absolute atomic E-state index is 0.175. The molecule has 1 aromatic rings. The fraction of sp³-hybridized carbons (Fsp3) is 0.562. The van der Waals surface area contributed by atoms with Gasteiger partial charge in [0.15, 0.2) is 0 Å². The van der Waals surface area contributed by atoms with Crippen LogP contribution in [0.1, 0.15) is 39.2 Å². The summed E-state index contributed by atoms with van der Waals surface area (Å²) in [7, 11) is 0. The van der Waals surface area contributed by atoms with Crippen LogP contribution >= 0.6 is 0 Å². The number of phenolic OH excluding ortho intramolecular Hbond substituents is 1. The van der Waals surface area contributed by atoms with E-state index in [0.717, 1.165) is 24.9 Å². The maximum atomic E-state index is 12.5. The molecule has 0 spiro atoms. The van der Waals surface area contributed by atoms with Crippen molar-refractivity contribution in [1.82, 2.24) is 10.2 Å². The zero-order valence-corrected chi connectivity index (χ0v) is 12.5. The van der Waals surface area contributed by atoms with E-state index in [-0.39, 0.29) is 23.4 Å². The molecule has 1 aliphatic heterocycles. The molecule has 0 radical (unpaired) electrons. The van der Waals surface area contributed by atoms with E-state index in [2.05, 4.69) is 26.1 Å². The highest BCUT2D eigenvalue weighted by Gasteiger charge is 2.43. The third-order valence-electron chi connectivity index (χ3n) is 3.88. The Labute approximate surface area is 120 Å². The first-order chi connectivity index (χ1) is 9.44. The summed E-state index contributed by atoms with van der Waals surface area (Å²) in [6, 6.07) is 6.88. The Morgan fingerprint density at radius 1 is 1.30 bits per heavy atom. The number of hydrogen-bond donors (Lipinski definition) is 2. The third kappa shape index (κ3) is 3.12. The Morgan fingerprint density at radius 3 is 2.55 bits per heavy atom. The maximum absolute atomic E-state index is 12.5. The predicted molar refractivity (Wildman–Crippen MR) is 79.4 cm³/mol. The topological polar surface area (TPSA) is 52.6 Å². The summed E-state index contributed by atoms with van der Waals surface area (Å²) in [5.41, 5.74) is 0.773. The molecule has 110 valence electrons. The van der Waals surface area contributed by atoms with Gasteiger partial charge in [0, 0.05) is 6.54 Å². The van der Waals surface area contributed by atoms with Crippen LogP contribution in [0.3, 0.4) is 0 Å². The van der Waals surface area contributed by atoms with Crippen molar-refractivity contribution >= 4 is 5.91 Å². The maximum Gasteiger partial charge on any atom is 0.241 e. The van der Waals surface area contributed by atoms with E-state index >= 15 is 0 Å². The van der Waals surface area contributed by atoms with Crippen LogP contribution in [0.15, 0.2) is 24.3 Å². The van der Waals surface area contributed by atoms with Crippen LogP contribution in [0.5, 0.6) is 5.75 Å². The number of rotatable bonds is 5. The van der Waals surface area contributed by atoms with Gasteiger partial charge in [0.1, 0.15) is 5.75 Å². The third-order valence-corrected chi connectivity index (χ3v) is 3.88. The molecule has 20 heavy (non-hydrogen) atoms. The smallest absolute Gasteiger partial charge is 0.241 e. The van der Waals surface area contributed by atoms with Gasteiger partial charge >= 0.3 is 0 Å². The highest BCUT2D eigenvalue weighted by Crippen LogP contribution is 2.24. The molecule has 1 heterocycles. The molecule has 1 amide bonds. The van der Waals surface area contributed by atoms with Gasteiger partial charge in [0.25, 0.3) is 0 Å². The number of amides is 1. The predicted octanol–water partition coefficient (Wildman–Crippen LogP) is 2.27. The average molecular weight is 276 g/mol. The Balaban J connectivity index is 2.06. The number of nitrogens with zero attached hydrogens (tertiary/aromatic N) is 1. The summed E-state index contributed by atoms with van der Waals surface area (Å²) in [6.07, 6.45) is 2.77. The van der Waals surface area contributed by atoms with Crippen LogP contribution in [0.4, 0.5) is 0 Å². The van der Waals surface area contributed by atoms with Crippen molar-refractivity contribution in [3.8, 4) is 5.75 Å². The van der Waals surface area contributed by atoms with Gasteiger partial charge in [0.2, 0.25) is 5.91 Å². The van der Waals surface area contributed by atoms with Crippen LogP contribution in [-0.2, 0) is 11.2 Å². The Morgan fingerprint density at radius 2 is 1.95 bits per heavy atom. The first kappa shape index (κ1) is 14.9. The van der Waals surface area contributed by atoms with Crippen molar-refractivity contribution in [1.29, 1.82) is 0 Å². The molecule has 4 nitrogen and oxygen atoms in total. The Bertz CT molecular complexity index is 468. The molecule has 1 aromatic carbocycles.